The molecule has 6 rings (SSSR count). The summed E-state index contributed by atoms with van der Waals surface area (Å²) in [6, 6.07) is 25.9. The van der Waals surface area contributed by atoms with E-state index in [1.807, 2.05) is 65.6 Å². The molecule has 0 saturated carbocycles. The Hall–Kier alpha value is -3.87. The molecule has 1 atom stereocenters. The number of nitrogens with one attached hydrogen (secondary N) is 1. The van der Waals surface area contributed by atoms with Crippen LogP contribution in [0.25, 0.3) is 28.1 Å². The first kappa shape index (κ1) is 27.3. The van der Waals surface area contributed by atoms with E-state index in [4.69, 9.17) is 11.6 Å². The fraction of sp³-hybridized carbons (Fsp3) is 0.294. The van der Waals surface area contributed by atoms with Gasteiger partial charge in [-0.3, -0.25) is 14.5 Å². The van der Waals surface area contributed by atoms with Crippen molar-refractivity contribution in [3.05, 3.63) is 106 Å². The fourth-order valence-electron chi connectivity index (χ4n) is 6.15. The summed E-state index contributed by atoms with van der Waals surface area (Å²) < 4.78 is 0. The van der Waals surface area contributed by atoms with Crippen molar-refractivity contribution in [3.8, 4) is 11.1 Å². The summed E-state index contributed by atoms with van der Waals surface area (Å²) >= 11 is 6.41. The normalized spacial score (nSPS) is 18.3. The number of hydrogen-bond donors (Lipinski definition) is 1. The number of nitrogens with zero attached hydrogens (tertiary/aromatic N) is 3. The topological polar surface area (TPSA) is 59.7 Å². The van der Waals surface area contributed by atoms with Crippen LogP contribution in [0.2, 0.25) is 5.02 Å². The van der Waals surface area contributed by atoms with Gasteiger partial charge in [-0.05, 0) is 42.2 Å². The Morgan fingerprint density at radius 2 is 1.66 bits per heavy atom. The number of piperazine rings is 1. The van der Waals surface area contributed by atoms with E-state index in [1.165, 1.54) is 5.56 Å². The molecule has 1 aromatic heterocycles. The SMILES string of the molecule is O=C(C1CCCN(c2c(-c3ccccc3)c3cc(Cl)ccc3[nH]c2=O)C1)N1CCN(CC=Cc2ccccc2)CC1. The van der Waals surface area contributed by atoms with Crippen LogP contribution in [-0.2, 0) is 4.79 Å². The highest BCUT2D eigenvalue weighted by molar-refractivity contribution is 6.31. The number of aromatic amines is 1. The van der Waals surface area contributed by atoms with Gasteiger partial charge in [0.05, 0.1) is 5.92 Å². The number of halogens is 1. The third-order valence-corrected chi connectivity index (χ3v) is 8.49. The summed E-state index contributed by atoms with van der Waals surface area (Å²) in [5, 5.41) is 1.53. The molecular weight excluding hydrogens is 532 g/mol. The lowest BCUT2D eigenvalue weighted by Crippen LogP contribution is -2.52. The predicted octanol–water partition coefficient (Wildman–Crippen LogP) is 5.92. The quantitative estimate of drug-likeness (QED) is 0.315. The van der Waals surface area contributed by atoms with Crippen molar-refractivity contribution in [3.63, 3.8) is 0 Å². The van der Waals surface area contributed by atoms with E-state index >= 15 is 0 Å². The van der Waals surface area contributed by atoms with Gasteiger partial charge in [0.1, 0.15) is 5.69 Å². The molecule has 2 saturated heterocycles. The number of hydrogen-bond acceptors (Lipinski definition) is 4. The lowest BCUT2D eigenvalue weighted by molar-refractivity contribution is -0.137. The highest BCUT2D eigenvalue weighted by Crippen LogP contribution is 2.37. The second-order valence-corrected chi connectivity index (χ2v) is 11.4. The highest BCUT2D eigenvalue weighted by atomic mass is 35.5. The molecule has 3 heterocycles. The smallest absolute Gasteiger partial charge is 0.272 e. The van der Waals surface area contributed by atoms with Crippen molar-refractivity contribution >= 4 is 40.2 Å². The van der Waals surface area contributed by atoms with Crippen molar-refractivity contribution in [1.29, 1.82) is 0 Å². The van der Waals surface area contributed by atoms with Crippen molar-refractivity contribution in [2.45, 2.75) is 12.8 Å². The van der Waals surface area contributed by atoms with Gasteiger partial charge in [-0.1, -0.05) is 84.4 Å². The van der Waals surface area contributed by atoms with E-state index in [0.717, 1.165) is 74.1 Å². The van der Waals surface area contributed by atoms with Gasteiger partial charge in [0.25, 0.3) is 5.56 Å². The lowest BCUT2D eigenvalue weighted by Gasteiger charge is -2.39. The van der Waals surface area contributed by atoms with Gasteiger partial charge < -0.3 is 14.8 Å². The Morgan fingerprint density at radius 1 is 0.927 bits per heavy atom. The summed E-state index contributed by atoms with van der Waals surface area (Å²) in [5.41, 5.74) is 4.28. The molecule has 1 unspecified atom stereocenters. The van der Waals surface area contributed by atoms with Gasteiger partial charge in [-0.15, -0.1) is 0 Å². The fourth-order valence-corrected chi connectivity index (χ4v) is 6.32. The third-order valence-electron chi connectivity index (χ3n) is 8.26. The summed E-state index contributed by atoms with van der Waals surface area (Å²) in [6.07, 6.45) is 6.06. The van der Waals surface area contributed by atoms with Gasteiger partial charge in [-0.2, -0.15) is 0 Å². The molecule has 1 amide bonds. The average molecular weight is 567 g/mol. The number of anilines is 1. The van der Waals surface area contributed by atoms with Crippen LogP contribution in [0.15, 0.2) is 89.7 Å². The Morgan fingerprint density at radius 3 is 2.41 bits per heavy atom. The minimum atomic E-state index is -0.135. The van der Waals surface area contributed by atoms with Crippen LogP contribution >= 0.6 is 11.6 Å². The Labute approximate surface area is 245 Å². The molecule has 0 aliphatic carbocycles. The van der Waals surface area contributed by atoms with Crippen LogP contribution in [0.4, 0.5) is 5.69 Å². The minimum absolute atomic E-state index is 0.133. The molecule has 1 N–H and O–H groups in total. The Balaban J connectivity index is 1.17. The van der Waals surface area contributed by atoms with Crippen molar-refractivity contribution < 1.29 is 4.79 Å². The molecule has 0 bridgehead atoms. The molecule has 0 radical (unpaired) electrons. The van der Waals surface area contributed by atoms with E-state index in [9.17, 15) is 9.59 Å². The largest absolute Gasteiger partial charge is 0.366 e. The predicted molar refractivity (Wildman–Crippen MR) is 168 cm³/mol. The Bertz CT molecular complexity index is 1590. The van der Waals surface area contributed by atoms with Crippen molar-refractivity contribution in [1.82, 2.24) is 14.8 Å². The van der Waals surface area contributed by atoms with Crippen LogP contribution < -0.4 is 10.5 Å². The van der Waals surface area contributed by atoms with Gasteiger partial charge in [0.2, 0.25) is 5.91 Å². The molecule has 0 spiro atoms. The number of carbonyl (C=O) groups excluding carboxylic acids is 1. The molecule has 41 heavy (non-hydrogen) atoms. The third kappa shape index (κ3) is 6.09. The van der Waals surface area contributed by atoms with Gasteiger partial charge in [0, 0.05) is 67.3 Å². The van der Waals surface area contributed by atoms with Crippen LogP contribution in [0.3, 0.4) is 0 Å². The summed E-state index contributed by atoms with van der Waals surface area (Å²) in [4.78, 5) is 36.9. The lowest BCUT2D eigenvalue weighted by atomic mass is 9.93. The number of rotatable bonds is 6. The number of fused-ring (bicyclic) bond motifs is 1. The molecule has 7 heteroatoms. The molecule has 2 aliphatic heterocycles. The van der Waals surface area contributed by atoms with E-state index in [0.29, 0.717) is 17.3 Å². The van der Waals surface area contributed by atoms with Crippen LogP contribution in [0.5, 0.6) is 0 Å². The zero-order valence-corrected chi connectivity index (χ0v) is 23.9. The standard InChI is InChI=1S/C34H35ClN4O2/c35-28-15-16-30-29(23-28)31(26-12-5-2-6-13-26)32(33(40)36-30)39-18-8-14-27(24-39)34(41)38-21-19-37(20-22-38)17-7-11-25-9-3-1-4-10-25/h1-7,9-13,15-16,23,27H,8,14,17-22,24H2,(H,36,40). The summed E-state index contributed by atoms with van der Waals surface area (Å²) in [7, 11) is 0. The first-order valence-corrected chi connectivity index (χ1v) is 14.8. The van der Waals surface area contributed by atoms with Crippen LogP contribution in [0.1, 0.15) is 18.4 Å². The molecular formula is C34H35ClN4O2. The molecule has 210 valence electrons. The number of benzene rings is 3. The molecule has 2 fully saturated rings. The number of aromatic nitrogens is 1. The first-order chi connectivity index (χ1) is 20.1. The second-order valence-electron chi connectivity index (χ2n) is 11.0. The van der Waals surface area contributed by atoms with Crippen molar-refractivity contribution in [2.24, 2.45) is 5.92 Å². The summed E-state index contributed by atoms with van der Waals surface area (Å²) in [6.45, 7) is 5.35. The van der Waals surface area contributed by atoms with E-state index in [1.54, 1.807) is 6.07 Å². The second kappa shape index (κ2) is 12.3. The van der Waals surface area contributed by atoms with Crippen LogP contribution in [-0.4, -0.2) is 66.5 Å². The number of amides is 1. The minimum Gasteiger partial charge on any atom is -0.366 e. The molecule has 3 aromatic carbocycles. The number of pyridine rings is 1. The number of H-pyrrole nitrogens is 1. The molecule has 4 aromatic rings. The average Bonchev–Trinajstić information content (AvgIpc) is 3.01. The highest BCUT2D eigenvalue weighted by Gasteiger charge is 2.33. The summed E-state index contributed by atoms with van der Waals surface area (Å²) in [5.74, 6) is 0.0714. The van der Waals surface area contributed by atoms with Crippen LogP contribution in [0, 0.1) is 5.92 Å². The van der Waals surface area contributed by atoms with E-state index in [-0.39, 0.29) is 17.4 Å². The zero-order chi connectivity index (χ0) is 28.2. The Kier molecular flexibility index (Phi) is 8.21. The monoisotopic (exact) mass is 566 g/mol. The van der Waals surface area contributed by atoms with E-state index in [2.05, 4.69) is 39.1 Å². The molecule has 6 nitrogen and oxygen atoms in total. The molecule has 2 aliphatic rings. The number of piperidine rings is 1. The van der Waals surface area contributed by atoms with E-state index < -0.39 is 0 Å². The number of carbonyl (C=O) groups is 1. The van der Waals surface area contributed by atoms with Crippen molar-refractivity contribution in [2.75, 3.05) is 50.7 Å². The van der Waals surface area contributed by atoms with Gasteiger partial charge >= 0.3 is 0 Å². The van der Waals surface area contributed by atoms with Gasteiger partial charge in [0.15, 0.2) is 0 Å². The zero-order valence-electron chi connectivity index (χ0n) is 23.1. The van der Waals surface area contributed by atoms with Gasteiger partial charge in [-0.25, -0.2) is 0 Å². The maximum Gasteiger partial charge on any atom is 0.272 e. The maximum absolute atomic E-state index is 13.7. The first-order valence-electron chi connectivity index (χ1n) is 14.5. The maximum atomic E-state index is 13.7.